The van der Waals surface area contributed by atoms with Crippen molar-refractivity contribution in [3.63, 3.8) is 0 Å². The maximum Gasteiger partial charge on any atom is 0.146 e. The molecule has 0 spiro atoms. The van der Waals surface area contributed by atoms with Gasteiger partial charge in [0.1, 0.15) is 35.6 Å². The van der Waals surface area contributed by atoms with E-state index in [9.17, 15) is 0 Å². The molecule has 3 aromatic carbocycles. The van der Waals surface area contributed by atoms with Crippen LogP contribution in [0.5, 0.6) is 0 Å². The summed E-state index contributed by atoms with van der Waals surface area (Å²) in [5.74, 6) is 1.03. The van der Waals surface area contributed by atoms with E-state index in [2.05, 4.69) is 138 Å². The largest absolute Gasteiger partial charge is 0.383 e. The Bertz CT molecular complexity index is 2560. The topological polar surface area (TPSA) is 126 Å². The van der Waals surface area contributed by atoms with Crippen molar-refractivity contribution >= 4 is 55.2 Å². The average molecular weight is 662 g/mol. The highest BCUT2D eigenvalue weighted by Gasteiger charge is 2.27. The molecule has 0 aliphatic heterocycles. The molecule has 50 heavy (non-hydrogen) atoms. The van der Waals surface area contributed by atoms with Gasteiger partial charge in [0.15, 0.2) is 0 Å². The lowest BCUT2D eigenvalue weighted by molar-refractivity contribution is 0.401. The van der Waals surface area contributed by atoms with E-state index in [1.807, 2.05) is 24.5 Å². The summed E-state index contributed by atoms with van der Waals surface area (Å²) in [6.07, 6.45) is 6.87. The van der Waals surface area contributed by atoms with Gasteiger partial charge in [-0.2, -0.15) is 0 Å². The van der Waals surface area contributed by atoms with E-state index >= 15 is 0 Å². The van der Waals surface area contributed by atoms with Crippen molar-refractivity contribution in [2.75, 3.05) is 11.5 Å². The number of nitrogen functional groups attached to an aromatic ring is 2. The molecule has 9 nitrogen and oxygen atoms in total. The van der Waals surface area contributed by atoms with Gasteiger partial charge < -0.3 is 20.6 Å². The van der Waals surface area contributed by atoms with Crippen LogP contribution in [0.25, 0.3) is 65.9 Å². The van der Waals surface area contributed by atoms with Gasteiger partial charge in [-0.3, -0.25) is 4.98 Å². The number of pyridine rings is 1. The van der Waals surface area contributed by atoms with Crippen LogP contribution in [0.1, 0.15) is 57.6 Å². The highest BCUT2D eigenvalue weighted by atomic mass is 15.1. The average Bonchev–Trinajstić information content (AvgIpc) is 3.57. The van der Waals surface area contributed by atoms with Crippen molar-refractivity contribution in [1.29, 1.82) is 0 Å². The lowest BCUT2D eigenvalue weighted by Crippen LogP contribution is -2.23. The lowest BCUT2D eigenvalue weighted by Gasteiger charge is -2.24. The molecule has 0 saturated heterocycles. The van der Waals surface area contributed by atoms with Gasteiger partial charge in [0, 0.05) is 57.4 Å². The van der Waals surface area contributed by atoms with Gasteiger partial charge in [0.2, 0.25) is 0 Å². The minimum absolute atomic E-state index is 0.126. The van der Waals surface area contributed by atoms with Gasteiger partial charge in [0.25, 0.3) is 0 Å². The monoisotopic (exact) mass is 661 g/mol. The fourth-order valence-corrected chi connectivity index (χ4v) is 7.62. The van der Waals surface area contributed by atoms with Crippen molar-refractivity contribution in [1.82, 2.24) is 34.1 Å². The molecule has 0 aliphatic carbocycles. The third kappa shape index (κ3) is 5.21. The van der Waals surface area contributed by atoms with Crippen LogP contribution in [0.3, 0.4) is 0 Å². The van der Waals surface area contributed by atoms with Crippen LogP contribution in [0, 0.1) is 20.8 Å². The van der Waals surface area contributed by atoms with Crippen molar-refractivity contribution in [3.05, 3.63) is 103 Å². The van der Waals surface area contributed by atoms with E-state index in [-0.39, 0.29) is 5.54 Å². The molecule has 0 bridgehead atoms. The van der Waals surface area contributed by atoms with E-state index in [1.165, 1.54) is 33.9 Å². The second-order valence-corrected chi connectivity index (χ2v) is 14.2. The van der Waals surface area contributed by atoms with Gasteiger partial charge in [0.05, 0.1) is 10.8 Å². The Labute approximate surface area is 292 Å². The number of hydrogen-bond donors (Lipinski definition) is 2. The molecule has 0 atom stereocenters. The van der Waals surface area contributed by atoms with Crippen molar-refractivity contribution in [2.24, 2.45) is 0 Å². The fraction of sp³-hybridized carbons (Fsp3) is 0.244. The predicted molar refractivity (Wildman–Crippen MR) is 207 cm³/mol. The number of nitrogens with two attached hydrogens (primary N) is 2. The first-order valence-corrected chi connectivity index (χ1v) is 16.9. The number of aryl methyl sites for hydroxylation is 1. The first-order valence-electron chi connectivity index (χ1n) is 16.9. The van der Waals surface area contributed by atoms with Crippen molar-refractivity contribution in [2.45, 2.75) is 67.0 Å². The number of rotatable bonds is 3. The number of benzene rings is 3. The normalized spacial score (nSPS) is 11.9. The maximum absolute atomic E-state index is 6.29. The van der Waals surface area contributed by atoms with Crippen LogP contribution in [0.4, 0.5) is 11.6 Å². The highest BCUT2D eigenvalue weighted by Crippen LogP contribution is 2.43. The third-order valence-corrected chi connectivity index (χ3v) is 9.61. The molecule has 5 heterocycles. The quantitative estimate of drug-likeness (QED) is 0.193. The van der Waals surface area contributed by atoms with Crippen LogP contribution in [0.2, 0.25) is 0 Å². The molecule has 9 heteroatoms. The Morgan fingerprint density at radius 2 is 1.20 bits per heavy atom. The first kappa shape index (κ1) is 32.7. The summed E-state index contributed by atoms with van der Waals surface area (Å²) >= 11 is 0. The summed E-state index contributed by atoms with van der Waals surface area (Å²) in [5, 5.41) is 6.59. The molecule has 0 unspecified atom stereocenters. The number of nitrogens with zero attached hydrogens (tertiary/aromatic N) is 7. The Kier molecular flexibility index (Phi) is 8.01. The van der Waals surface area contributed by atoms with Gasteiger partial charge in [-0.1, -0.05) is 60.7 Å². The van der Waals surface area contributed by atoms with Crippen LogP contribution in [-0.4, -0.2) is 34.1 Å². The summed E-state index contributed by atoms with van der Waals surface area (Å²) in [6.45, 7) is 17.3. The second-order valence-electron chi connectivity index (χ2n) is 14.2. The number of aromatic nitrogens is 7. The summed E-state index contributed by atoms with van der Waals surface area (Å²) in [6, 6.07) is 21.4. The molecule has 8 aromatic rings. The van der Waals surface area contributed by atoms with E-state index in [0.29, 0.717) is 17.7 Å². The maximum atomic E-state index is 6.29. The minimum Gasteiger partial charge on any atom is -0.383 e. The smallest absolute Gasteiger partial charge is 0.146 e. The lowest BCUT2D eigenvalue weighted by atomic mass is 9.94. The Balaban J connectivity index is 0.000000157. The molecule has 4 N–H and O–H groups in total. The van der Waals surface area contributed by atoms with E-state index in [1.54, 1.807) is 6.33 Å². The van der Waals surface area contributed by atoms with Crippen LogP contribution >= 0.6 is 0 Å². The standard InChI is InChI=1S/C21H22N4.C20H21N5/c1-12(2)25-14(4)18(19-20(22)23-11-24-21(19)25)17-10-9-13(3)15-7-5-6-8-16(15)17;1-12-16(15-10-22-9-13-7-5-6-8-14(13)15)17-18(21)23-11-24-19(17)25(12)20(2,3)4/h5-12H,1-4H3,(H2,22,23,24);5-11H,1-4H3,(H2,21,23,24). The fourth-order valence-electron chi connectivity index (χ4n) is 7.62. The first-order chi connectivity index (χ1) is 23.9. The summed E-state index contributed by atoms with van der Waals surface area (Å²) < 4.78 is 4.48. The van der Waals surface area contributed by atoms with Crippen LogP contribution < -0.4 is 11.5 Å². The third-order valence-electron chi connectivity index (χ3n) is 9.61. The highest BCUT2D eigenvalue weighted by molar-refractivity contribution is 6.10. The van der Waals surface area contributed by atoms with Gasteiger partial charge in [-0.15, -0.1) is 0 Å². The minimum atomic E-state index is -0.126. The zero-order chi connectivity index (χ0) is 35.5. The van der Waals surface area contributed by atoms with E-state index in [4.69, 9.17) is 11.5 Å². The molecular formula is C41H43N9. The van der Waals surface area contributed by atoms with Gasteiger partial charge >= 0.3 is 0 Å². The molecular weight excluding hydrogens is 619 g/mol. The Morgan fingerprint density at radius 3 is 1.86 bits per heavy atom. The molecule has 0 amide bonds. The molecule has 0 radical (unpaired) electrons. The van der Waals surface area contributed by atoms with Gasteiger partial charge in [-0.25, -0.2) is 19.9 Å². The van der Waals surface area contributed by atoms with Crippen LogP contribution in [-0.2, 0) is 5.54 Å². The zero-order valence-corrected chi connectivity index (χ0v) is 29.9. The van der Waals surface area contributed by atoms with E-state index in [0.717, 1.165) is 55.2 Å². The van der Waals surface area contributed by atoms with E-state index < -0.39 is 0 Å². The summed E-state index contributed by atoms with van der Waals surface area (Å²) in [4.78, 5) is 22.0. The molecule has 8 rings (SSSR count). The molecule has 252 valence electrons. The number of hydrogen-bond acceptors (Lipinski definition) is 7. The second kappa shape index (κ2) is 12.2. The number of fused-ring (bicyclic) bond motifs is 4. The predicted octanol–water partition coefficient (Wildman–Crippen LogP) is 9.32. The Hall–Kier alpha value is -5.83. The molecule has 0 aliphatic rings. The van der Waals surface area contributed by atoms with Crippen molar-refractivity contribution < 1.29 is 0 Å². The summed E-state index contributed by atoms with van der Waals surface area (Å²) in [7, 11) is 0. The molecule has 0 fully saturated rings. The van der Waals surface area contributed by atoms with Gasteiger partial charge in [-0.05, 0) is 82.7 Å². The zero-order valence-electron chi connectivity index (χ0n) is 29.9. The SMILES string of the molecule is Cc1c(-c2cncc3ccccc23)c2c(N)ncnc2n1C(C)(C)C.Cc1ccc(-c2c(C)n(C(C)C)c3ncnc(N)c23)c2ccccc12. The molecule has 0 saturated carbocycles. The Morgan fingerprint density at radius 1 is 0.620 bits per heavy atom. The van der Waals surface area contributed by atoms with Crippen molar-refractivity contribution in [3.8, 4) is 22.3 Å². The number of anilines is 2. The van der Waals surface area contributed by atoms with Crippen LogP contribution in [0.15, 0.2) is 85.7 Å². The summed E-state index contributed by atoms with van der Waals surface area (Å²) in [5.41, 5.74) is 22.2. The molecule has 5 aromatic heterocycles.